The van der Waals surface area contributed by atoms with Crippen LogP contribution in [-0.4, -0.2) is 38.8 Å². The average molecular weight is 267 g/mol. The Morgan fingerprint density at radius 2 is 2.16 bits per heavy atom. The maximum atomic E-state index is 11.5. The molecule has 0 aliphatic rings. The number of carbonyl (C=O) groups is 2. The van der Waals surface area contributed by atoms with E-state index in [-0.39, 0.29) is 6.42 Å². The van der Waals surface area contributed by atoms with Gasteiger partial charge in [0, 0.05) is 18.3 Å². The number of aliphatic carboxylic acids is 1. The van der Waals surface area contributed by atoms with Gasteiger partial charge in [-0.2, -0.15) is 0 Å². The van der Waals surface area contributed by atoms with Crippen LogP contribution in [0.1, 0.15) is 26.5 Å². The van der Waals surface area contributed by atoms with Crippen molar-refractivity contribution in [1.29, 1.82) is 0 Å². The van der Waals surface area contributed by atoms with Crippen LogP contribution in [0.25, 0.3) is 0 Å². The molecular formula is C12H17N3O4. The van der Waals surface area contributed by atoms with Gasteiger partial charge in [-0.1, -0.05) is 0 Å². The second-order valence-electron chi connectivity index (χ2n) is 4.94. The summed E-state index contributed by atoms with van der Waals surface area (Å²) >= 11 is 0. The molecule has 1 heterocycles. The van der Waals surface area contributed by atoms with Gasteiger partial charge >= 0.3 is 12.1 Å². The molecule has 1 rings (SSSR count). The zero-order chi connectivity index (χ0) is 14.5. The van der Waals surface area contributed by atoms with Gasteiger partial charge in [0.15, 0.2) is 0 Å². The number of aromatic nitrogens is 2. The lowest BCUT2D eigenvalue weighted by atomic mass is 10.1. The number of carboxylic acid groups (broad SMARTS) is 1. The van der Waals surface area contributed by atoms with Crippen molar-refractivity contribution in [3.8, 4) is 0 Å². The first-order valence-corrected chi connectivity index (χ1v) is 5.75. The zero-order valence-corrected chi connectivity index (χ0v) is 11.1. The number of amides is 1. The standard InChI is InChI=1S/C12H17N3O4/c1-12(2,3)19-11(18)15-9(10(16)17)6-8-4-5-13-7-14-8/h4-5,7,9H,6H2,1-3H3,(H,15,18)(H,16,17)/t9-/m0/s1. The van der Waals surface area contributed by atoms with Gasteiger partial charge in [-0.05, 0) is 26.8 Å². The van der Waals surface area contributed by atoms with Crippen molar-refractivity contribution < 1.29 is 19.4 Å². The average Bonchev–Trinajstić information content (AvgIpc) is 2.26. The summed E-state index contributed by atoms with van der Waals surface area (Å²) in [7, 11) is 0. The SMILES string of the molecule is CC(C)(C)OC(=O)N[C@@H](Cc1ccncn1)C(=O)O. The second-order valence-corrected chi connectivity index (χ2v) is 4.94. The third kappa shape index (κ3) is 5.80. The van der Waals surface area contributed by atoms with Gasteiger partial charge in [0.25, 0.3) is 0 Å². The van der Waals surface area contributed by atoms with Gasteiger partial charge in [-0.3, -0.25) is 0 Å². The third-order valence-corrected chi connectivity index (χ3v) is 2.05. The minimum Gasteiger partial charge on any atom is -0.480 e. The molecule has 104 valence electrons. The van der Waals surface area contributed by atoms with Gasteiger partial charge in [0.2, 0.25) is 0 Å². The number of nitrogens with zero attached hydrogens (tertiary/aromatic N) is 2. The lowest BCUT2D eigenvalue weighted by Gasteiger charge is -2.21. The van der Waals surface area contributed by atoms with E-state index in [2.05, 4.69) is 15.3 Å². The van der Waals surface area contributed by atoms with Crippen LogP contribution in [0, 0.1) is 0 Å². The molecule has 2 N–H and O–H groups in total. The van der Waals surface area contributed by atoms with Crippen molar-refractivity contribution in [2.45, 2.75) is 38.8 Å². The minimum atomic E-state index is -1.15. The largest absolute Gasteiger partial charge is 0.480 e. The van der Waals surface area contributed by atoms with E-state index in [0.29, 0.717) is 5.69 Å². The fourth-order valence-corrected chi connectivity index (χ4v) is 1.30. The van der Waals surface area contributed by atoms with E-state index in [4.69, 9.17) is 9.84 Å². The number of hydrogen-bond donors (Lipinski definition) is 2. The van der Waals surface area contributed by atoms with Crippen LogP contribution in [0.15, 0.2) is 18.6 Å². The molecule has 19 heavy (non-hydrogen) atoms. The van der Waals surface area contributed by atoms with Gasteiger partial charge in [0.05, 0.1) is 0 Å². The Hall–Kier alpha value is -2.18. The predicted molar refractivity (Wildman–Crippen MR) is 66.5 cm³/mol. The smallest absolute Gasteiger partial charge is 0.408 e. The van der Waals surface area contributed by atoms with Crippen LogP contribution >= 0.6 is 0 Å². The normalized spacial score (nSPS) is 12.6. The highest BCUT2D eigenvalue weighted by molar-refractivity contribution is 5.80. The summed E-state index contributed by atoms with van der Waals surface area (Å²) in [5, 5.41) is 11.4. The second kappa shape index (κ2) is 6.12. The lowest BCUT2D eigenvalue weighted by Crippen LogP contribution is -2.44. The minimum absolute atomic E-state index is 0.0666. The first-order chi connectivity index (χ1) is 8.78. The molecule has 0 saturated heterocycles. The summed E-state index contributed by atoms with van der Waals surface area (Å²) in [5.41, 5.74) is -0.152. The maximum Gasteiger partial charge on any atom is 0.408 e. The molecule has 0 saturated carbocycles. The number of hydrogen-bond acceptors (Lipinski definition) is 5. The summed E-state index contributed by atoms with van der Waals surface area (Å²) in [6.07, 6.45) is 2.13. The van der Waals surface area contributed by atoms with Crippen molar-refractivity contribution in [2.75, 3.05) is 0 Å². The highest BCUT2D eigenvalue weighted by Crippen LogP contribution is 2.07. The highest BCUT2D eigenvalue weighted by Gasteiger charge is 2.24. The number of rotatable bonds is 4. The maximum absolute atomic E-state index is 11.5. The molecule has 1 aromatic heterocycles. The number of alkyl carbamates (subject to hydrolysis) is 1. The van der Waals surface area contributed by atoms with Crippen LogP contribution in [0.5, 0.6) is 0 Å². The quantitative estimate of drug-likeness (QED) is 0.843. The molecule has 1 amide bonds. The van der Waals surface area contributed by atoms with Crippen molar-refractivity contribution in [2.24, 2.45) is 0 Å². The van der Waals surface area contributed by atoms with Crippen LogP contribution < -0.4 is 5.32 Å². The first kappa shape index (κ1) is 14.9. The Balaban J connectivity index is 2.64. The number of carboxylic acids is 1. The number of carbonyl (C=O) groups excluding carboxylic acids is 1. The third-order valence-electron chi connectivity index (χ3n) is 2.05. The van der Waals surface area contributed by atoms with E-state index in [1.54, 1.807) is 26.8 Å². The highest BCUT2D eigenvalue weighted by atomic mass is 16.6. The Bertz CT molecular complexity index is 442. The van der Waals surface area contributed by atoms with Crippen LogP contribution in [0.4, 0.5) is 4.79 Å². The molecule has 0 unspecified atom stereocenters. The molecule has 0 aliphatic heterocycles. The fraction of sp³-hybridized carbons (Fsp3) is 0.500. The Morgan fingerprint density at radius 3 is 2.63 bits per heavy atom. The fourth-order valence-electron chi connectivity index (χ4n) is 1.30. The summed E-state index contributed by atoms with van der Waals surface area (Å²) in [4.78, 5) is 30.3. The molecule has 0 aromatic carbocycles. The zero-order valence-electron chi connectivity index (χ0n) is 11.1. The molecule has 0 spiro atoms. The molecular weight excluding hydrogens is 250 g/mol. The van der Waals surface area contributed by atoms with E-state index >= 15 is 0 Å². The molecule has 0 radical (unpaired) electrons. The Kier molecular flexibility index (Phi) is 4.80. The van der Waals surface area contributed by atoms with E-state index in [1.807, 2.05) is 0 Å². The lowest BCUT2D eigenvalue weighted by molar-refractivity contribution is -0.139. The van der Waals surface area contributed by atoms with Crippen molar-refractivity contribution in [3.05, 3.63) is 24.3 Å². The van der Waals surface area contributed by atoms with Gasteiger partial charge in [-0.25, -0.2) is 19.6 Å². The molecule has 7 nitrogen and oxygen atoms in total. The van der Waals surface area contributed by atoms with Crippen LogP contribution in [-0.2, 0) is 16.0 Å². The summed E-state index contributed by atoms with van der Waals surface area (Å²) in [5.74, 6) is -1.15. The van der Waals surface area contributed by atoms with Crippen molar-refractivity contribution in [3.63, 3.8) is 0 Å². The molecule has 7 heteroatoms. The molecule has 1 atom stereocenters. The van der Waals surface area contributed by atoms with Crippen LogP contribution in [0.2, 0.25) is 0 Å². The van der Waals surface area contributed by atoms with Gasteiger partial charge < -0.3 is 15.2 Å². The van der Waals surface area contributed by atoms with Crippen molar-refractivity contribution >= 4 is 12.1 Å². The number of nitrogens with one attached hydrogen (secondary N) is 1. The van der Waals surface area contributed by atoms with Crippen LogP contribution in [0.3, 0.4) is 0 Å². The Morgan fingerprint density at radius 1 is 1.47 bits per heavy atom. The summed E-state index contributed by atoms with van der Waals surface area (Å²) in [6, 6.07) is 0.497. The van der Waals surface area contributed by atoms with E-state index in [9.17, 15) is 9.59 Å². The topological polar surface area (TPSA) is 101 Å². The summed E-state index contributed by atoms with van der Waals surface area (Å²) in [6.45, 7) is 5.10. The molecule has 0 aliphatic carbocycles. The molecule has 0 bridgehead atoms. The van der Waals surface area contributed by atoms with E-state index in [0.717, 1.165) is 0 Å². The monoisotopic (exact) mass is 267 g/mol. The van der Waals surface area contributed by atoms with E-state index in [1.165, 1.54) is 12.5 Å². The number of ether oxygens (including phenoxy) is 1. The predicted octanol–water partition coefficient (Wildman–Crippen LogP) is 0.997. The Labute approximate surface area is 111 Å². The van der Waals surface area contributed by atoms with Gasteiger partial charge in [-0.15, -0.1) is 0 Å². The van der Waals surface area contributed by atoms with E-state index < -0.39 is 23.7 Å². The van der Waals surface area contributed by atoms with Gasteiger partial charge in [0.1, 0.15) is 18.0 Å². The first-order valence-electron chi connectivity index (χ1n) is 5.75. The molecule has 1 aromatic rings. The summed E-state index contributed by atoms with van der Waals surface area (Å²) < 4.78 is 5.01. The van der Waals surface area contributed by atoms with Crippen molar-refractivity contribution in [1.82, 2.24) is 15.3 Å². The molecule has 0 fully saturated rings.